The van der Waals surface area contributed by atoms with Crippen molar-refractivity contribution in [1.29, 1.82) is 0 Å². The minimum absolute atomic E-state index is 0.209. The largest absolute Gasteiger partial charge is 0.411 e. The molecule has 5 nitrogen and oxygen atoms in total. The zero-order valence-electron chi connectivity index (χ0n) is 12.3. The van der Waals surface area contributed by atoms with Gasteiger partial charge in [0.25, 0.3) is 0 Å². The lowest BCUT2D eigenvalue weighted by molar-refractivity contribution is -0.175. The molecule has 128 valence electrons. The van der Waals surface area contributed by atoms with E-state index < -0.39 is 24.6 Å². The lowest BCUT2D eigenvalue weighted by atomic mass is 10.3. The van der Waals surface area contributed by atoms with E-state index in [0.717, 1.165) is 4.90 Å². The van der Waals surface area contributed by atoms with Gasteiger partial charge in [-0.1, -0.05) is 12.1 Å². The Bertz CT molecular complexity index is 552. The van der Waals surface area contributed by atoms with Crippen LogP contribution in [-0.2, 0) is 14.3 Å². The van der Waals surface area contributed by atoms with Crippen molar-refractivity contribution < 1.29 is 27.5 Å². The fourth-order valence-electron chi connectivity index (χ4n) is 1.59. The van der Waals surface area contributed by atoms with Gasteiger partial charge in [0.15, 0.2) is 0 Å². The second-order valence-corrected chi connectivity index (χ2v) is 5.55. The molecule has 0 atom stereocenters. The zero-order valence-corrected chi connectivity index (χ0v) is 13.9. The number of anilines is 1. The number of carbonyl (C=O) groups excluding carboxylic acids is 2. The smallest absolute Gasteiger partial charge is 0.372 e. The SMILES string of the molecule is CN(CC(=O)Nc1ccccc1Br)C(=O)CCOCC(F)(F)F. The molecule has 0 fully saturated rings. The van der Waals surface area contributed by atoms with Gasteiger partial charge in [0.05, 0.1) is 25.3 Å². The van der Waals surface area contributed by atoms with E-state index in [9.17, 15) is 22.8 Å². The normalized spacial score (nSPS) is 11.2. The minimum atomic E-state index is -4.42. The van der Waals surface area contributed by atoms with Crippen LogP contribution in [0.25, 0.3) is 0 Å². The highest BCUT2D eigenvalue weighted by molar-refractivity contribution is 9.10. The maximum atomic E-state index is 11.9. The summed E-state index contributed by atoms with van der Waals surface area (Å²) >= 11 is 3.27. The highest BCUT2D eigenvalue weighted by Gasteiger charge is 2.27. The van der Waals surface area contributed by atoms with Crippen molar-refractivity contribution in [2.45, 2.75) is 12.6 Å². The van der Waals surface area contributed by atoms with Crippen molar-refractivity contribution in [1.82, 2.24) is 4.90 Å². The van der Waals surface area contributed by atoms with Gasteiger partial charge in [0, 0.05) is 11.5 Å². The van der Waals surface area contributed by atoms with E-state index in [1.54, 1.807) is 24.3 Å². The lowest BCUT2D eigenvalue weighted by Gasteiger charge is -2.17. The standard InChI is InChI=1S/C14H16BrF3N2O3/c1-20(13(22)6-7-23-9-14(16,17)18)8-12(21)19-11-5-3-2-4-10(11)15/h2-5H,6-9H2,1H3,(H,19,21). The average Bonchev–Trinajstić information content (AvgIpc) is 2.44. The number of benzene rings is 1. The number of halogens is 4. The van der Waals surface area contributed by atoms with Gasteiger partial charge in [0.1, 0.15) is 6.61 Å². The molecular weight excluding hydrogens is 381 g/mol. The predicted molar refractivity (Wildman–Crippen MR) is 81.9 cm³/mol. The molecule has 23 heavy (non-hydrogen) atoms. The summed E-state index contributed by atoms with van der Waals surface area (Å²) in [7, 11) is 1.39. The molecule has 1 aromatic carbocycles. The lowest BCUT2D eigenvalue weighted by Crippen LogP contribution is -2.35. The summed E-state index contributed by atoms with van der Waals surface area (Å²) in [6.07, 6.45) is -4.65. The molecule has 0 aliphatic rings. The fourth-order valence-corrected chi connectivity index (χ4v) is 1.98. The van der Waals surface area contributed by atoms with Crippen molar-refractivity contribution in [3.05, 3.63) is 28.7 Å². The van der Waals surface area contributed by atoms with Crippen LogP contribution in [0, 0.1) is 0 Å². The van der Waals surface area contributed by atoms with Crippen LogP contribution in [-0.4, -0.2) is 49.7 Å². The van der Waals surface area contributed by atoms with Crippen LogP contribution < -0.4 is 5.32 Å². The third kappa shape index (κ3) is 7.98. The van der Waals surface area contributed by atoms with E-state index in [-0.39, 0.29) is 19.6 Å². The van der Waals surface area contributed by atoms with Gasteiger partial charge in [-0.25, -0.2) is 0 Å². The monoisotopic (exact) mass is 396 g/mol. The van der Waals surface area contributed by atoms with Crippen LogP contribution in [0.15, 0.2) is 28.7 Å². The number of hydrogen-bond donors (Lipinski definition) is 1. The number of hydrogen-bond acceptors (Lipinski definition) is 3. The Hall–Kier alpha value is -1.61. The summed E-state index contributed by atoms with van der Waals surface area (Å²) in [4.78, 5) is 24.7. The third-order valence-electron chi connectivity index (χ3n) is 2.68. The number of ether oxygens (including phenoxy) is 1. The molecule has 0 spiro atoms. The molecule has 0 radical (unpaired) electrons. The van der Waals surface area contributed by atoms with Crippen molar-refractivity contribution in [3.8, 4) is 0 Å². The number of rotatable bonds is 7. The van der Waals surface area contributed by atoms with Gasteiger partial charge in [0.2, 0.25) is 11.8 Å². The van der Waals surface area contributed by atoms with Crippen molar-refractivity contribution in [2.75, 3.05) is 32.1 Å². The van der Waals surface area contributed by atoms with E-state index in [1.807, 2.05) is 0 Å². The molecule has 0 heterocycles. The highest BCUT2D eigenvalue weighted by Crippen LogP contribution is 2.21. The molecule has 0 unspecified atom stereocenters. The van der Waals surface area contributed by atoms with Crippen LogP contribution in [0.4, 0.5) is 18.9 Å². The number of para-hydroxylation sites is 1. The molecule has 1 aromatic rings. The molecule has 1 rings (SSSR count). The molecular formula is C14H16BrF3N2O3. The van der Waals surface area contributed by atoms with E-state index in [2.05, 4.69) is 26.0 Å². The fraction of sp³-hybridized carbons (Fsp3) is 0.429. The number of nitrogens with zero attached hydrogens (tertiary/aromatic N) is 1. The number of alkyl halides is 3. The first-order valence-corrected chi connectivity index (χ1v) is 7.41. The molecule has 2 amide bonds. The Morgan fingerprint density at radius 2 is 1.96 bits per heavy atom. The van der Waals surface area contributed by atoms with Crippen LogP contribution in [0.2, 0.25) is 0 Å². The first kappa shape index (κ1) is 19.4. The molecule has 0 bridgehead atoms. The summed E-state index contributed by atoms with van der Waals surface area (Å²) in [5.41, 5.74) is 0.562. The van der Waals surface area contributed by atoms with Gasteiger partial charge in [-0.15, -0.1) is 0 Å². The zero-order chi connectivity index (χ0) is 17.5. The van der Waals surface area contributed by atoms with Crippen LogP contribution in [0.3, 0.4) is 0 Å². The second-order valence-electron chi connectivity index (χ2n) is 4.70. The predicted octanol–water partition coefficient (Wildman–Crippen LogP) is 2.82. The summed E-state index contributed by atoms with van der Waals surface area (Å²) in [6, 6.07) is 6.97. The van der Waals surface area contributed by atoms with Gasteiger partial charge in [-0.2, -0.15) is 13.2 Å². The number of amides is 2. The molecule has 1 N–H and O–H groups in total. The Labute approximate surface area is 139 Å². The molecule has 9 heteroatoms. The maximum Gasteiger partial charge on any atom is 0.411 e. The summed E-state index contributed by atoms with van der Waals surface area (Å²) < 4.78 is 40.7. The Balaban J connectivity index is 2.34. The van der Waals surface area contributed by atoms with Gasteiger partial charge in [-0.05, 0) is 28.1 Å². The third-order valence-corrected chi connectivity index (χ3v) is 3.37. The van der Waals surface area contributed by atoms with Crippen LogP contribution in [0.1, 0.15) is 6.42 Å². The highest BCUT2D eigenvalue weighted by atomic mass is 79.9. The van der Waals surface area contributed by atoms with Crippen LogP contribution in [0.5, 0.6) is 0 Å². The van der Waals surface area contributed by atoms with E-state index in [0.29, 0.717) is 10.2 Å². The topological polar surface area (TPSA) is 58.6 Å². The van der Waals surface area contributed by atoms with Crippen molar-refractivity contribution in [2.24, 2.45) is 0 Å². The molecule has 0 saturated heterocycles. The number of likely N-dealkylation sites (N-methyl/N-ethyl adjacent to an activating group) is 1. The van der Waals surface area contributed by atoms with E-state index >= 15 is 0 Å². The average molecular weight is 397 g/mol. The first-order valence-electron chi connectivity index (χ1n) is 6.62. The minimum Gasteiger partial charge on any atom is -0.372 e. The molecule has 0 aromatic heterocycles. The number of carbonyl (C=O) groups is 2. The Morgan fingerprint density at radius 1 is 1.30 bits per heavy atom. The van der Waals surface area contributed by atoms with Gasteiger partial charge >= 0.3 is 6.18 Å². The summed E-state index contributed by atoms with van der Waals surface area (Å²) in [6.45, 7) is -1.96. The Morgan fingerprint density at radius 3 is 2.57 bits per heavy atom. The number of nitrogens with one attached hydrogen (secondary N) is 1. The van der Waals surface area contributed by atoms with Crippen molar-refractivity contribution >= 4 is 33.4 Å². The van der Waals surface area contributed by atoms with E-state index in [4.69, 9.17) is 0 Å². The molecule has 0 aliphatic carbocycles. The Kier molecular flexibility index (Phi) is 7.50. The van der Waals surface area contributed by atoms with Crippen molar-refractivity contribution in [3.63, 3.8) is 0 Å². The quantitative estimate of drug-likeness (QED) is 0.720. The van der Waals surface area contributed by atoms with Crippen LogP contribution >= 0.6 is 15.9 Å². The molecule has 0 aliphatic heterocycles. The van der Waals surface area contributed by atoms with E-state index in [1.165, 1.54) is 7.05 Å². The second kappa shape index (κ2) is 8.88. The first-order chi connectivity index (χ1) is 10.7. The summed E-state index contributed by atoms with van der Waals surface area (Å²) in [5.74, 6) is -0.890. The maximum absolute atomic E-state index is 11.9. The van der Waals surface area contributed by atoms with Gasteiger partial charge in [-0.3, -0.25) is 9.59 Å². The van der Waals surface area contributed by atoms with Gasteiger partial charge < -0.3 is 15.0 Å². The molecule has 0 saturated carbocycles. The summed E-state index contributed by atoms with van der Waals surface area (Å²) in [5, 5.41) is 2.62.